The Kier molecular flexibility index (Phi) is 7.33. The number of carbonyl (C=O) groups is 1. The first kappa shape index (κ1) is 23.3. The molecule has 0 aliphatic heterocycles. The van der Waals surface area contributed by atoms with Crippen molar-refractivity contribution in [2.45, 2.75) is 63.9 Å². The van der Waals surface area contributed by atoms with Gasteiger partial charge in [-0.2, -0.15) is 0 Å². The highest BCUT2D eigenvalue weighted by atomic mass is 16.5. The Labute approximate surface area is 199 Å². The van der Waals surface area contributed by atoms with Gasteiger partial charge in [0.05, 0.1) is 5.92 Å². The summed E-state index contributed by atoms with van der Waals surface area (Å²) >= 11 is 0. The van der Waals surface area contributed by atoms with E-state index in [4.69, 9.17) is 4.74 Å². The van der Waals surface area contributed by atoms with Gasteiger partial charge in [-0.15, -0.1) is 0 Å². The van der Waals surface area contributed by atoms with Crippen molar-refractivity contribution in [2.24, 2.45) is 11.8 Å². The molecular formula is C31H36O2. The molecule has 172 valence electrons. The van der Waals surface area contributed by atoms with E-state index in [-0.39, 0.29) is 23.4 Å². The molecule has 1 fully saturated rings. The number of hydrogen-bond donors (Lipinski definition) is 0. The van der Waals surface area contributed by atoms with Crippen molar-refractivity contribution in [3.63, 3.8) is 0 Å². The van der Waals surface area contributed by atoms with Crippen LogP contribution in [-0.2, 0) is 21.4 Å². The normalized spacial score (nSPS) is 21.8. The van der Waals surface area contributed by atoms with Gasteiger partial charge >= 0.3 is 5.97 Å². The van der Waals surface area contributed by atoms with Gasteiger partial charge in [-0.25, -0.2) is 0 Å². The molecule has 4 rings (SSSR count). The van der Waals surface area contributed by atoms with Crippen LogP contribution >= 0.6 is 0 Å². The smallest absolute Gasteiger partial charge is 0.314 e. The molecule has 33 heavy (non-hydrogen) atoms. The van der Waals surface area contributed by atoms with E-state index in [1.54, 1.807) is 0 Å². The van der Waals surface area contributed by atoms with Crippen molar-refractivity contribution < 1.29 is 9.53 Å². The molecule has 0 N–H and O–H groups in total. The quantitative estimate of drug-likeness (QED) is 0.359. The van der Waals surface area contributed by atoms with Gasteiger partial charge in [0.1, 0.15) is 6.10 Å². The topological polar surface area (TPSA) is 26.3 Å². The SMILES string of the molecule is C[C@@H]1CC[C@@H](C(C)(C)c2ccccc2)[C@H](OC(=O)[C@@H](Cc2ccccc2)c2ccccc2)C1. The van der Waals surface area contributed by atoms with Crippen LogP contribution in [0.1, 0.15) is 62.6 Å². The van der Waals surface area contributed by atoms with E-state index in [0.29, 0.717) is 18.3 Å². The number of benzene rings is 3. The maximum absolute atomic E-state index is 13.7. The van der Waals surface area contributed by atoms with Gasteiger partial charge < -0.3 is 4.74 Å². The van der Waals surface area contributed by atoms with Crippen LogP contribution in [0.25, 0.3) is 0 Å². The monoisotopic (exact) mass is 440 g/mol. The summed E-state index contributed by atoms with van der Waals surface area (Å²) in [6.07, 6.45) is 3.77. The molecule has 0 unspecified atom stereocenters. The van der Waals surface area contributed by atoms with Gasteiger partial charge in [0.25, 0.3) is 0 Å². The van der Waals surface area contributed by atoms with Gasteiger partial charge in [0.2, 0.25) is 0 Å². The molecule has 0 radical (unpaired) electrons. The summed E-state index contributed by atoms with van der Waals surface area (Å²) in [5.74, 6) is 0.465. The van der Waals surface area contributed by atoms with Crippen molar-refractivity contribution in [1.82, 2.24) is 0 Å². The number of hydrogen-bond acceptors (Lipinski definition) is 2. The molecule has 4 atom stereocenters. The summed E-state index contributed by atoms with van der Waals surface area (Å²) < 4.78 is 6.43. The van der Waals surface area contributed by atoms with Crippen molar-refractivity contribution in [2.75, 3.05) is 0 Å². The Morgan fingerprint density at radius 1 is 0.879 bits per heavy atom. The highest BCUT2D eigenvalue weighted by molar-refractivity contribution is 5.78. The van der Waals surface area contributed by atoms with Crippen LogP contribution in [-0.4, -0.2) is 12.1 Å². The molecule has 0 spiro atoms. The minimum atomic E-state index is -0.300. The zero-order valence-electron chi connectivity index (χ0n) is 20.1. The van der Waals surface area contributed by atoms with E-state index in [2.05, 4.69) is 63.2 Å². The van der Waals surface area contributed by atoms with E-state index in [1.807, 2.05) is 48.5 Å². The molecule has 0 saturated heterocycles. The largest absolute Gasteiger partial charge is 0.462 e. The van der Waals surface area contributed by atoms with E-state index >= 15 is 0 Å². The van der Waals surface area contributed by atoms with E-state index < -0.39 is 0 Å². The molecule has 0 amide bonds. The number of ether oxygens (including phenoxy) is 1. The van der Waals surface area contributed by atoms with Crippen LogP contribution in [0.15, 0.2) is 91.0 Å². The van der Waals surface area contributed by atoms with Crippen molar-refractivity contribution >= 4 is 5.97 Å². The lowest BCUT2D eigenvalue weighted by atomic mass is 9.64. The minimum absolute atomic E-state index is 0.0615. The van der Waals surface area contributed by atoms with Crippen LogP contribution in [0.2, 0.25) is 0 Å². The van der Waals surface area contributed by atoms with Gasteiger partial charge in [-0.05, 0) is 47.3 Å². The molecule has 2 heteroatoms. The maximum Gasteiger partial charge on any atom is 0.314 e. The molecule has 0 aromatic heterocycles. The second kappa shape index (κ2) is 10.4. The second-order valence-electron chi connectivity index (χ2n) is 10.2. The fraction of sp³-hybridized carbons (Fsp3) is 0.387. The summed E-state index contributed by atoms with van der Waals surface area (Å²) in [6, 6.07) is 31.0. The third-order valence-corrected chi connectivity index (χ3v) is 7.54. The van der Waals surface area contributed by atoms with Gasteiger partial charge in [0.15, 0.2) is 0 Å². The molecule has 0 bridgehead atoms. The van der Waals surface area contributed by atoms with E-state index in [0.717, 1.165) is 24.0 Å². The Morgan fingerprint density at radius 2 is 1.45 bits per heavy atom. The average Bonchev–Trinajstić information content (AvgIpc) is 2.84. The Morgan fingerprint density at radius 3 is 2.09 bits per heavy atom. The van der Waals surface area contributed by atoms with Crippen LogP contribution < -0.4 is 0 Å². The van der Waals surface area contributed by atoms with Gasteiger partial charge in [-0.3, -0.25) is 4.79 Å². The number of esters is 1. The standard InChI is InChI=1S/C31H36O2/c1-23-19-20-28(31(2,3)26-17-11-6-12-18-26)29(21-23)33-30(32)27(25-15-9-5-10-16-25)22-24-13-7-4-8-14-24/h4-18,23,27-29H,19-22H2,1-3H3/t23-,27+,28-,29-/m1/s1. The van der Waals surface area contributed by atoms with Crippen LogP contribution in [0.5, 0.6) is 0 Å². The van der Waals surface area contributed by atoms with Crippen molar-refractivity contribution in [3.8, 4) is 0 Å². The third kappa shape index (κ3) is 5.55. The first-order chi connectivity index (χ1) is 15.9. The lowest BCUT2D eigenvalue weighted by Crippen LogP contribution is -2.44. The fourth-order valence-electron chi connectivity index (χ4n) is 5.47. The zero-order valence-corrected chi connectivity index (χ0v) is 20.1. The Bertz CT molecular complexity index is 1010. The molecule has 1 aliphatic carbocycles. The van der Waals surface area contributed by atoms with E-state index in [1.165, 1.54) is 12.0 Å². The summed E-state index contributed by atoms with van der Waals surface area (Å²) in [5.41, 5.74) is 3.43. The molecular weight excluding hydrogens is 404 g/mol. The Balaban J connectivity index is 1.59. The van der Waals surface area contributed by atoms with E-state index in [9.17, 15) is 4.79 Å². The van der Waals surface area contributed by atoms with Gasteiger partial charge in [-0.1, -0.05) is 118 Å². The number of rotatable bonds is 7. The van der Waals surface area contributed by atoms with Gasteiger partial charge in [0, 0.05) is 5.92 Å². The number of carbonyl (C=O) groups excluding carboxylic acids is 1. The lowest BCUT2D eigenvalue weighted by Gasteiger charge is -2.44. The van der Waals surface area contributed by atoms with Crippen molar-refractivity contribution in [3.05, 3.63) is 108 Å². The molecule has 1 saturated carbocycles. The fourth-order valence-corrected chi connectivity index (χ4v) is 5.47. The molecule has 0 heterocycles. The second-order valence-corrected chi connectivity index (χ2v) is 10.2. The Hall–Kier alpha value is -2.87. The minimum Gasteiger partial charge on any atom is -0.462 e. The summed E-state index contributed by atoms with van der Waals surface area (Å²) in [6.45, 7) is 6.90. The third-order valence-electron chi connectivity index (χ3n) is 7.54. The zero-order chi connectivity index (χ0) is 23.3. The average molecular weight is 441 g/mol. The molecule has 2 nitrogen and oxygen atoms in total. The first-order valence-corrected chi connectivity index (χ1v) is 12.3. The maximum atomic E-state index is 13.7. The van der Waals surface area contributed by atoms with Crippen LogP contribution in [0.4, 0.5) is 0 Å². The van der Waals surface area contributed by atoms with Crippen LogP contribution in [0, 0.1) is 11.8 Å². The lowest BCUT2D eigenvalue weighted by molar-refractivity contribution is -0.158. The van der Waals surface area contributed by atoms with Crippen LogP contribution in [0.3, 0.4) is 0 Å². The molecule has 3 aromatic rings. The first-order valence-electron chi connectivity index (χ1n) is 12.3. The summed E-state index contributed by atoms with van der Waals surface area (Å²) in [4.78, 5) is 13.7. The predicted octanol–water partition coefficient (Wildman–Crippen LogP) is 7.34. The summed E-state index contributed by atoms with van der Waals surface area (Å²) in [5, 5.41) is 0. The summed E-state index contributed by atoms with van der Waals surface area (Å²) in [7, 11) is 0. The van der Waals surface area contributed by atoms with Crippen molar-refractivity contribution in [1.29, 1.82) is 0 Å². The molecule has 1 aliphatic rings. The molecule has 3 aromatic carbocycles. The highest BCUT2D eigenvalue weighted by Crippen LogP contribution is 2.44. The highest BCUT2D eigenvalue weighted by Gasteiger charge is 2.42. The predicted molar refractivity (Wildman–Crippen MR) is 135 cm³/mol.